The number of hydrogen-bond donors (Lipinski definition) is 2. The van der Waals surface area contributed by atoms with Gasteiger partial charge in [-0.05, 0) is 62.4 Å². The van der Waals surface area contributed by atoms with Crippen molar-refractivity contribution < 1.29 is 9.18 Å². The molecule has 1 saturated heterocycles. The van der Waals surface area contributed by atoms with E-state index in [9.17, 15) is 9.18 Å². The lowest BCUT2D eigenvalue weighted by atomic mass is 9.85. The number of aryl methyl sites for hydroxylation is 1. The average Bonchev–Trinajstić information content (AvgIpc) is 3.06. The van der Waals surface area contributed by atoms with Gasteiger partial charge in [-0.2, -0.15) is 0 Å². The summed E-state index contributed by atoms with van der Waals surface area (Å²) >= 11 is 0. The lowest BCUT2D eigenvalue weighted by Gasteiger charge is -2.28. The topological polar surface area (TPSA) is 59.0 Å². The number of aromatic nitrogens is 2. The Bertz CT molecular complexity index is 762. The Labute approximate surface area is 178 Å². The zero-order valence-electron chi connectivity index (χ0n) is 16.3. The number of hydrogen-bond acceptors (Lipinski definition) is 3. The van der Waals surface area contributed by atoms with Crippen molar-refractivity contribution in [2.24, 2.45) is 11.8 Å². The van der Waals surface area contributed by atoms with E-state index in [0.29, 0.717) is 30.5 Å². The normalized spacial score (nSPS) is 17.2. The van der Waals surface area contributed by atoms with Crippen molar-refractivity contribution >= 4 is 30.7 Å². The van der Waals surface area contributed by atoms with Crippen LogP contribution in [0.15, 0.2) is 30.6 Å². The number of nitrogens with one attached hydrogen (secondary N) is 2. The number of carbonyl (C=O) groups excluding carboxylic acids is 1. The maximum absolute atomic E-state index is 14.4. The summed E-state index contributed by atoms with van der Waals surface area (Å²) < 4.78 is 16.1. The minimum atomic E-state index is -0.320. The van der Waals surface area contributed by atoms with Crippen LogP contribution < -0.4 is 10.6 Å². The highest BCUT2D eigenvalue weighted by molar-refractivity contribution is 5.85. The molecule has 0 radical (unpaired) electrons. The summed E-state index contributed by atoms with van der Waals surface area (Å²) in [6.45, 7) is 6.38. The molecule has 5 nitrogen and oxygen atoms in total. The molecule has 1 aromatic heterocycles. The van der Waals surface area contributed by atoms with Gasteiger partial charge in [0.1, 0.15) is 11.6 Å². The first kappa shape index (κ1) is 24.4. The summed E-state index contributed by atoms with van der Waals surface area (Å²) in [6, 6.07) is 5.04. The fourth-order valence-electron chi connectivity index (χ4n) is 3.58. The van der Waals surface area contributed by atoms with Crippen LogP contribution in [-0.4, -0.2) is 28.5 Å². The molecule has 1 fully saturated rings. The Balaban J connectivity index is 0.00000196. The maximum atomic E-state index is 14.4. The molecule has 1 aliphatic rings. The molecule has 28 heavy (non-hydrogen) atoms. The van der Waals surface area contributed by atoms with Crippen LogP contribution in [0.3, 0.4) is 0 Å². The molecule has 2 heterocycles. The molecule has 8 heteroatoms. The molecule has 0 saturated carbocycles. The second kappa shape index (κ2) is 11.4. The Morgan fingerprint density at radius 3 is 2.82 bits per heavy atom. The molecule has 156 valence electrons. The summed E-state index contributed by atoms with van der Waals surface area (Å²) in [6.07, 6.45) is 6.25. The number of nitrogens with zero attached hydrogens (tertiary/aromatic N) is 2. The third-order valence-electron chi connectivity index (χ3n) is 5.23. The van der Waals surface area contributed by atoms with Gasteiger partial charge < -0.3 is 15.2 Å². The second-order valence-corrected chi connectivity index (χ2v) is 7.19. The molecule has 2 aromatic rings. The maximum Gasteiger partial charge on any atom is 0.220 e. The van der Waals surface area contributed by atoms with E-state index in [1.165, 1.54) is 18.9 Å². The SMILES string of the molecule is Cc1nccn1-c1ccc(CNC(=O)CC(C)C2CCCNC2)cc1F.Cl.Cl. The second-order valence-electron chi connectivity index (χ2n) is 7.19. The average molecular weight is 431 g/mol. The zero-order valence-corrected chi connectivity index (χ0v) is 17.9. The van der Waals surface area contributed by atoms with Crippen LogP contribution in [0.1, 0.15) is 37.6 Å². The Kier molecular flexibility index (Phi) is 9.93. The Hall–Kier alpha value is -1.63. The van der Waals surface area contributed by atoms with Gasteiger partial charge in [-0.25, -0.2) is 9.37 Å². The van der Waals surface area contributed by atoms with Crippen LogP contribution in [0.2, 0.25) is 0 Å². The first-order chi connectivity index (χ1) is 12.5. The van der Waals surface area contributed by atoms with Gasteiger partial charge in [0.15, 0.2) is 0 Å². The van der Waals surface area contributed by atoms with Crippen molar-refractivity contribution in [2.45, 2.75) is 39.7 Å². The molecular weight excluding hydrogens is 402 g/mol. The van der Waals surface area contributed by atoms with Gasteiger partial charge in [0.25, 0.3) is 0 Å². The number of imidazole rings is 1. The van der Waals surface area contributed by atoms with E-state index in [4.69, 9.17) is 0 Å². The van der Waals surface area contributed by atoms with Gasteiger partial charge in [-0.3, -0.25) is 4.79 Å². The van der Waals surface area contributed by atoms with Crippen molar-refractivity contribution in [3.63, 3.8) is 0 Å². The van der Waals surface area contributed by atoms with Gasteiger partial charge >= 0.3 is 0 Å². The van der Waals surface area contributed by atoms with Crippen LogP contribution in [0.25, 0.3) is 5.69 Å². The molecule has 1 aromatic carbocycles. The van der Waals surface area contributed by atoms with Crippen molar-refractivity contribution in [1.82, 2.24) is 20.2 Å². The predicted molar refractivity (Wildman–Crippen MR) is 114 cm³/mol. The van der Waals surface area contributed by atoms with E-state index in [1.807, 2.05) is 13.0 Å². The number of carbonyl (C=O) groups is 1. The van der Waals surface area contributed by atoms with Gasteiger partial charge in [-0.1, -0.05) is 13.0 Å². The lowest BCUT2D eigenvalue weighted by Crippen LogP contribution is -2.35. The fraction of sp³-hybridized carbons (Fsp3) is 0.500. The zero-order chi connectivity index (χ0) is 18.5. The highest BCUT2D eigenvalue weighted by Gasteiger charge is 2.21. The fourth-order valence-corrected chi connectivity index (χ4v) is 3.58. The van der Waals surface area contributed by atoms with Gasteiger partial charge in [0.2, 0.25) is 5.91 Å². The monoisotopic (exact) mass is 430 g/mol. The quantitative estimate of drug-likeness (QED) is 0.732. The Morgan fingerprint density at radius 1 is 1.43 bits per heavy atom. The van der Waals surface area contributed by atoms with E-state index >= 15 is 0 Å². The number of amides is 1. The van der Waals surface area contributed by atoms with Crippen molar-refractivity contribution in [1.29, 1.82) is 0 Å². The molecule has 0 spiro atoms. The lowest BCUT2D eigenvalue weighted by molar-refractivity contribution is -0.122. The van der Waals surface area contributed by atoms with Gasteiger partial charge in [0.05, 0.1) is 5.69 Å². The molecule has 2 atom stereocenters. The highest BCUT2D eigenvalue weighted by atomic mass is 35.5. The molecule has 1 amide bonds. The van der Waals surface area contributed by atoms with Crippen LogP contribution in [0.5, 0.6) is 0 Å². The van der Waals surface area contributed by atoms with Gasteiger partial charge in [-0.15, -0.1) is 24.8 Å². The standard InChI is InChI=1S/C20H27FN4O.2ClH/c1-14(17-4-3-7-22-13-17)10-20(26)24-12-16-5-6-19(18(21)11-16)25-9-8-23-15(25)2;;/h5-6,8-9,11,14,17,22H,3-4,7,10,12-13H2,1-2H3,(H,24,26);2*1H. The van der Waals surface area contributed by atoms with E-state index in [2.05, 4.69) is 22.5 Å². The smallest absolute Gasteiger partial charge is 0.220 e. The Morgan fingerprint density at radius 2 is 2.21 bits per heavy atom. The largest absolute Gasteiger partial charge is 0.352 e. The summed E-state index contributed by atoms with van der Waals surface area (Å²) in [7, 11) is 0. The van der Waals surface area contributed by atoms with E-state index < -0.39 is 0 Å². The van der Waals surface area contributed by atoms with E-state index in [-0.39, 0.29) is 36.5 Å². The summed E-state index contributed by atoms with van der Waals surface area (Å²) in [4.78, 5) is 16.3. The summed E-state index contributed by atoms with van der Waals surface area (Å²) in [5.74, 6) is 1.35. The van der Waals surface area contributed by atoms with Crippen LogP contribution in [0.4, 0.5) is 4.39 Å². The summed E-state index contributed by atoms with van der Waals surface area (Å²) in [5.41, 5.74) is 1.22. The molecular formula is C20H29Cl2FN4O. The van der Waals surface area contributed by atoms with Crippen molar-refractivity contribution in [3.05, 3.63) is 47.8 Å². The van der Waals surface area contributed by atoms with Crippen LogP contribution >= 0.6 is 24.8 Å². The first-order valence-electron chi connectivity index (χ1n) is 9.30. The summed E-state index contributed by atoms with van der Waals surface area (Å²) in [5, 5.41) is 6.31. The highest BCUT2D eigenvalue weighted by Crippen LogP contribution is 2.22. The molecule has 3 rings (SSSR count). The van der Waals surface area contributed by atoms with E-state index in [1.54, 1.807) is 23.0 Å². The number of halogens is 3. The molecule has 2 unspecified atom stereocenters. The molecule has 0 aliphatic carbocycles. The minimum Gasteiger partial charge on any atom is -0.352 e. The number of benzene rings is 1. The number of piperidine rings is 1. The molecule has 0 bridgehead atoms. The third kappa shape index (κ3) is 6.19. The number of rotatable bonds is 6. The molecule has 2 N–H and O–H groups in total. The first-order valence-corrected chi connectivity index (χ1v) is 9.30. The van der Waals surface area contributed by atoms with Crippen LogP contribution in [0, 0.1) is 24.6 Å². The third-order valence-corrected chi connectivity index (χ3v) is 5.23. The van der Waals surface area contributed by atoms with E-state index in [0.717, 1.165) is 24.5 Å². The van der Waals surface area contributed by atoms with Gasteiger partial charge in [0, 0.05) is 25.4 Å². The predicted octanol–water partition coefficient (Wildman–Crippen LogP) is 3.81. The van der Waals surface area contributed by atoms with Crippen molar-refractivity contribution in [2.75, 3.05) is 13.1 Å². The van der Waals surface area contributed by atoms with Crippen molar-refractivity contribution in [3.8, 4) is 5.69 Å². The van der Waals surface area contributed by atoms with Crippen LogP contribution in [-0.2, 0) is 11.3 Å². The molecule has 1 aliphatic heterocycles. The minimum absolute atomic E-state index is 0.